The lowest BCUT2D eigenvalue weighted by Crippen LogP contribution is -2.07. The molecule has 7 nitrogen and oxygen atoms in total. The van der Waals surface area contributed by atoms with Crippen molar-refractivity contribution in [1.29, 1.82) is 0 Å². The second kappa shape index (κ2) is 6.89. The maximum Gasteiger partial charge on any atom is 0.339 e. The molecule has 2 aromatic rings. The molecular formula is C15H12ClN3O4. The molecule has 0 heterocycles. The Bertz CT molecular complexity index is 788. The number of aromatic carboxylic acids is 1. The standard InChI is InChI=1S/C15H12ClN3O4/c1-8(20)17-12-7-14(21)11(15(22)23)6-13(12)19-18-10-4-2-9(16)3-5-10/h2-7,21H,1H3,(H,17,20)(H,22,23). The molecule has 0 saturated carbocycles. The number of benzene rings is 2. The number of azo groups is 1. The summed E-state index contributed by atoms with van der Waals surface area (Å²) in [4.78, 5) is 22.3. The molecule has 2 rings (SSSR count). The highest BCUT2D eigenvalue weighted by molar-refractivity contribution is 6.30. The van der Waals surface area contributed by atoms with Gasteiger partial charge < -0.3 is 15.5 Å². The third kappa shape index (κ3) is 4.27. The molecule has 118 valence electrons. The first-order chi connectivity index (χ1) is 10.9. The number of carbonyl (C=O) groups is 2. The Hall–Kier alpha value is -2.93. The summed E-state index contributed by atoms with van der Waals surface area (Å²) < 4.78 is 0. The lowest BCUT2D eigenvalue weighted by Gasteiger charge is -2.08. The van der Waals surface area contributed by atoms with Gasteiger partial charge in [0, 0.05) is 18.0 Å². The molecule has 0 aliphatic heterocycles. The minimum absolute atomic E-state index is 0.102. The highest BCUT2D eigenvalue weighted by atomic mass is 35.5. The Morgan fingerprint density at radius 3 is 2.35 bits per heavy atom. The number of aromatic hydroxyl groups is 1. The number of halogens is 1. The van der Waals surface area contributed by atoms with E-state index in [0.29, 0.717) is 10.7 Å². The molecule has 1 amide bonds. The quantitative estimate of drug-likeness (QED) is 0.730. The molecular weight excluding hydrogens is 322 g/mol. The van der Waals surface area contributed by atoms with Crippen molar-refractivity contribution in [3.05, 3.63) is 47.0 Å². The summed E-state index contributed by atoms with van der Waals surface area (Å²) in [5.74, 6) is -2.19. The van der Waals surface area contributed by atoms with E-state index in [1.807, 2.05) is 0 Å². The van der Waals surface area contributed by atoms with Crippen LogP contribution in [0.15, 0.2) is 46.6 Å². The van der Waals surface area contributed by atoms with E-state index in [9.17, 15) is 14.7 Å². The Labute approximate surface area is 136 Å². The number of rotatable bonds is 4. The van der Waals surface area contributed by atoms with Crippen LogP contribution in [0, 0.1) is 0 Å². The summed E-state index contributed by atoms with van der Waals surface area (Å²) >= 11 is 5.77. The van der Waals surface area contributed by atoms with Gasteiger partial charge in [-0.3, -0.25) is 4.79 Å². The minimum atomic E-state index is -1.32. The SMILES string of the molecule is CC(=O)Nc1cc(O)c(C(=O)O)cc1N=Nc1ccc(Cl)cc1. The normalized spacial score (nSPS) is 10.7. The first-order valence-corrected chi connectivity index (χ1v) is 6.80. The van der Waals surface area contributed by atoms with Gasteiger partial charge in [-0.05, 0) is 30.3 Å². The van der Waals surface area contributed by atoms with Crippen LogP contribution in [0.1, 0.15) is 17.3 Å². The number of carbonyl (C=O) groups excluding carboxylic acids is 1. The molecule has 8 heteroatoms. The van der Waals surface area contributed by atoms with Crippen molar-refractivity contribution in [2.24, 2.45) is 10.2 Å². The third-order valence-electron chi connectivity index (χ3n) is 2.75. The maximum absolute atomic E-state index is 11.2. The van der Waals surface area contributed by atoms with Crippen molar-refractivity contribution in [2.75, 3.05) is 5.32 Å². The number of nitrogens with zero attached hydrogens (tertiary/aromatic N) is 2. The monoisotopic (exact) mass is 333 g/mol. The van der Waals surface area contributed by atoms with Crippen molar-refractivity contribution in [3.8, 4) is 5.75 Å². The fraction of sp³-hybridized carbons (Fsp3) is 0.0667. The first-order valence-electron chi connectivity index (χ1n) is 6.42. The van der Waals surface area contributed by atoms with Gasteiger partial charge in [0.1, 0.15) is 17.0 Å². The van der Waals surface area contributed by atoms with Crippen LogP contribution in [0.3, 0.4) is 0 Å². The molecule has 0 spiro atoms. The molecule has 0 aromatic heterocycles. The van der Waals surface area contributed by atoms with Crippen LogP contribution in [-0.4, -0.2) is 22.1 Å². The summed E-state index contributed by atoms with van der Waals surface area (Å²) in [6.45, 7) is 1.28. The summed E-state index contributed by atoms with van der Waals surface area (Å²) in [6, 6.07) is 8.75. The van der Waals surface area contributed by atoms with Gasteiger partial charge in [0.25, 0.3) is 0 Å². The molecule has 0 aliphatic rings. The van der Waals surface area contributed by atoms with Gasteiger partial charge >= 0.3 is 5.97 Å². The molecule has 2 aromatic carbocycles. The average Bonchev–Trinajstić information content (AvgIpc) is 2.47. The smallest absolute Gasteiger partial charge is 0.339 e. The number of anilines is 1. The zero-order valence-corrected chi connectivity index (χ0v) is 12.7. The molecule has 0 aliphatic carbocycles. The van der Waals surface area contributed by atoms with E-state index in [-0.39, 0.29) is 16.9 Å². The van der Waals surface area contributed by atoms with E-state index in [1.165, 1.54) is 6.92 Å². The van der Waals surface area contributed by atoms with Gasteiger partial charge in [0.05, 0.1) is 11.4 Å². The van der Waals surface area contributed by atoms with Crippen LogP contribution in [0.2, 0.25) is 5.02 Å². The summed E-state index contributed by atoms with van der Waals surface area (Å²) in [5.41, 5.74) is 0.403. The largest absolute Gasteiger partial charge is 0.507 e. The molecule has 0 radical (unpaired) electrons. The molecule has 23 heavy (non-hydrogen) atoms. The highest BCUT2D eigenvalue weighted by Crippen LogP contribution is 2.34. The second-order valence-electron chi connectivity index (χ2n) is 4.55. The number of hydrogen-bond acceptors (Lipinski definition) is 5. The van der Waals surface area contributed by atoms with E-state index < -0.39 is 17.6 Å². The van der Waals surface area contributed by atoms with Crippen molar-refractivity contribution < 1.29 is 19.8 Å². The summed E-state index contributed by atoms with van der Waals surface area (Å²) in [7, 11) is 0. The van der Waals surface area contributed by atoms with Gasteiger partial charge in [-0.15, -0.1) is 5.11 Å². The van der Waals surface area contributed by atoms with Gasteiger partial charge in [0.15, 0.2) is 0 Å². The predicted molar refractivity (Wildman–Crippen MR) is 85.0 cm³/mol. The Kier molecular flexibility index (Phi) is 4.92. The topological polar surface area (TPSA) is 111 Å². The van der Waals surface area contributed by atoms with Gasteiger partial charge in [-0.2, -0.15) is 5.11 Å². The number of amides is 1. The van der Waals surface area contributed by atoms with E-state index in [2.05, 4.69) is 15.5 Å². The highest BCUT2D eigenvalue weighted by Gasteiger charge is 2.15. The molecule has 0 bridgehead atoms. The minimum Gasteiger partial charge on any atom is -0.507 e. The van der Waals surface area contributed by atoms with Crippen LogP contribution in [0.4, 0.5) is 17.1 Å². The fourth-order valence-corrected chi connectivity index (χ4v) is 1.87. The van der Waals surface area contributed by atoms with Gasteiger partial charge in [-0.25, -0.2) is 4.79 Å². The van der Waals surface area contributed by atoms with Crippen LogP contribution >= 0.6 is 11.6 Å². The fourth-order valence-electron chi connectivity index (χ4n) is 1.74. The molecule has 0 atom stereocenters. The molecule has 0 fully saturated rings. The van der Waals surface area contributed by atoms with Crippen molar-refractivity contribution >= 4 is 40.5 Å². The first kappa shape index (κ1) is 16.4. The zero-order chi connectivity index (χ0) is 17.0. The van der Waals surface area contributed by atoms with E-state index >= 15 is 0 Å². The Balaban J connectivity index is 2.44. The van der Waals surface area contributed by atoms with Crippen molar-refractivity contribution in [2.45, 2.75) is 6.92 Å². The van der Waals surface area contributed by atoms with Crippen molar-refractivity contribution in [3.63, 3.8) is 0 Å². The number of phenols is 1. The predicted octanol–water partition coefficient (Wildman–Crippen LogP) is 4.12. The Morgan fingerprint density at radius 1 is 1.13 bits per heavy atom. The molecule has 3 N–H and O–H groups in total. The van der Waals surface area contributed by atoms with Gasteiger partial charge in [-0.1, -0.05) is 11.6 Å². The van der Waals surface area contributed by atoms with E-state index in [1.54, 1.807) is 24.3 Å². The number of carboxylic acid groups (broad SMARTS) is 1. The Morgan fingerprint density at radius 2 is 1.78 bits per heavy atom. The third-order valence-corrected chi connectivity index (χ3v) is 3.01. The van der Waals surface area contributed by atoms with Crippen LogP contribution in [0.25, 0.3) is 0 Å². The lowest BCUT2D eigenvalue weighted by atomic mass is 10.1. The maximum atomic E-state index is 11.2. The van der Waals surface area contributed by atoms with Gasteiger partial charge in [0.2, 0.25) is 5.91 Å². The second-order valence-corrected chi connectivity index (χ2v) is 4.99. The van der Waals surface area contributed by atoms with Crippen LogP contribution < -0.4 is 5.32 Å². The number of hydrogen-bond donors (Lipinski definition) is 3. The number of nitrogens with one attached hydrogen (secondary N) is 1. The lowest BCUT2D eigenvalue weighted by molar-refractivity contribution is -0.114. The number of carboxylic acids is 1. The van der Waals surface area contributed by atoms with E-state index in [0.717, 1.165) is 12.1 Å². The van der Waals surface area contributed by atoms with Crippen molar-refractivity contribution in [1.82, 2.24) is 0 Å². The van der Waals surface area contributed by atoms with E-state index in [4.69, 9.17) is 16.7 Å². The zero-order valence-electron chi connectivity index (χ0n) is 11.9. The summed E-state index contributed by atoms with van der Waals surface area (Å²) in [6.07, 6.45) is 0. The van der Waals surface area contributed by atoms with Crippen LogP contribution in [0.5, 0.6) is 5.75 Å². The summed E-state index contributed by atoms with van der Waals surface area (Å²) in [5, 5.41) is 29.6. The molecule has 0 saturated heterocycles. The van der Waals surface area contributed by atoms with Crippen LogP contribution in [-0.2, 0) is 4.79 Å². The molecule has 0 unspecified atom stereocenters. The average molecular weight is 334 g/mol.